The summed E-state index contributed by atoms with van der Waals surface area (Å²) in [7, 11) is 4.12. The van der Waals surface area contributed by atoms with Gasteiger partial charge in [0.05, 0.1) is 0 Å². The molecule has 1 aromatic carbocycles. The summed E-state index contributed by atoms with van der Waals surface area (Å²) in [6.45, 7) is 2.15. The molecule has 19 heavy (non-hydrogen) atoms. The van der Waals surface area contributed by atoms with Crippen molar-refractivity contribution in [3.8, 4) is 5.88 Å². The zero-order chi connectivity index (χ0) is 13.7. The van der Waals surface area contributed by atoms with Gasteiger partial charge in [-0.2, -0.15) is 0 Å². The molecule has 0 spiro atoms. The minimum atomic E-state index is -0.0360. The molecule has 0 aliphatic heterocycles. The van der Waals surface area contributed by atoms with Crippen LogP contribution in [0, 0.1) is 0 Å². The summed E-state index contributed by atoms with van der Waals surface area (Å²) in [4.78, 5) is 6.40. The lowest BCUT2D eigenvalue weighted by atomic mass is 10.0. The second-order valence-corrected chi connectivity index (χ2v) is 4.82. The first kappa shape index (κ1) is 13.6. The van der Waals surface area contributed by atoms with Crippen LogP contribution in [0.5, 0.6) is 5.88 Å². The predicted molar refractivity (Wildman–Crippen MR) is 77.2 cm³/mol. The number of pyridine rings is 1. The highest BCUT2D eigenvalue weighted by atomic mass is 16.5. The number of rotatable bonds is 5. The zero-order valence-electron chi connectivity index (χ0n) is 11.7. The van der Waals surface area contributed by atoms with Crippen LogP contribution in [0.3, 0.4) is 0 Å². The molecule has 1 aromatic heterocycles. The lowest BCUT2D eigenvalue weighted by Crippen LogP contribution is -2.34. The Morgan fingerprint density at radius 3 is 2.26 bits per heavy atom. The molecule has 1 heterocycles. The average molecular weight is 256 g/mol. The summed E-state index contributed by atoms with van der Waals surface area (Å²) in [5, 5.41) is 0. The molecule has 2 atom stereocenters. The molecule has 2 rings (SSSR count). The summed E-state index contributed by atoms with van der Waals surface area (Å²) in [5.74, 6) is 0.657. The minimum absolute atomic E-state index is 0.0360. The third kappa shape index (κ3) is 3.55. The van der Waals surface area contributed by atoms with E-state index in [4.69, 9.17) is 4.74 Å². The first-order valence-electron chi connectivity index (χ1n) is 6.47. The average Bonchev–Trinajstić information content (AvgIpc) is 2.46. The molecule has 0 N–H and O–H groups in total. The molecule has 0 saturated heterocycles. The summed E-state index contributed by atoms with van der Waals surface area (Å²) in [5.41, 5.74) is 1.16. The van der Waals surface area contributed by atoms with E-state index in [1.807, 2.05) is 36.4 Å². The van der Waals surface area contributed by atoms with Crippen molar-refractivity contribution in [2.75, 3.05) is 14.1 Å². The maximum atomic E-state index is 6.07. The summed E-state index contributed by atoms with van der Waals surface area (Å²) < 4.78 is 6.07. The first-order chi connectivity index (χ1) is 9.18. The van der Waals surface area contributed by atoms with Crippen molar-refractivity contribution in [1.82, 2.24) is 9.88 Å². The molecule has 0 aliphatic rings. The Kier molecular flexibility index (Phi) is 4.53. The fourth-order valence-corrected chi connectivity index (χ4v) is 1.91. The number of ether oxygens (including phenoxy) is 1. The number of hydrogen-bond acceptors (Lipinski definition) is 3. The van der Waals surface area contributed by atoms with E-state index in [0.29, 0.717) is 5.88 Å². The number of benzene rings is 1. The van der Waals surface area contributed by atoms with E-state index in [-0.39, 0.29) is 12.1 Å². The smallest absolute Gasteiger partial charge is 0.213 e. The maximum absolute atomic E-state index is 6.07. The Labute approximate surface area is 114 Å². The van der Waals surface area contributed by atoms with Crippen molar-refractivity contribution in [1.29, 1.82) is 0 Å². The first-order valence-corrected chi connectivity index (χ1v) is 6.47. The normalized spacial score (nSPS) is 14.1. The van der Waals surface area contributed by atoms with E-state index < -0.39 is 0 Å². The van der Waals surface area contributed by atoms with Crippen LogP contribution in [0.1, 0.15) is 18.6 Å². The Balaban J connectivity index is 2.25. The van der Waals surface area contributed by atoms with Crippen LogP contribution in [0.2, 0.25) is 0 Å². The largest absolute Gasteiger partial charge is 0.468 e. The van der Waals surface area contributed by atoms with E-state index in [0.717, 1.165) is 5.56 Å². The van der Waals surface area contributed by atoms with Gasteiger partial charge in [-0.25, -0.2) is 4.98 Å². The van der Waals surface area contributed by atoms with Gasteiger partial charge in [0, 0.05) is 18.3 Å². The highest BCUT2D eigenvalue weighted by Gasteiger charge is 2.23. The van der Waals surface area contributed by atoms with Gasteiger partial charge in [0.15, 0.2) is 0 Å². The molecule has 2 unspecified atom stereocenters. The highest BCUT2D eigenvalue weighted by molar-refractivity contribution is 5.21. The van der Waals surface area contributed by atoms with Gasteiger partial charge in [-0.15, -0.1) is 0 Å². The fraction of sp³-hybridized carbons (Fsp3) is 0.312. The van der Waals surface area contributed by atoms with E-state index >= 15 is 0 Å². The van der Waals surface area contributed by atoms with Crippen molar-refractivity contribution < 1.29 is 4.74 Å². The Morgan fingerprint density at radius 1 is 1.00 bits per heavy atom. The molecule has 3 nitrogen and oxygen atoms in total. The summed E-state index contributed by atoms with van der Waals surface area (Å²) in [6.07, 6.45) is 1.71. The molecule has 0 bridgehead atoms. The third-order valence-corrected chi connectivity index (χ3v) is 3.27. The van der Waals surface area contributed by atoms with Gasteiger partial charge in [0.1, 0.15) is 6.10 Å². The standard InChI is InChI=1S/C16H20N2O/c1-13(18(2)3)16(14-9-5-4-6-10-14)19-15-11-7-8-12-17-15/h4-13,16H,1-3H3. The van der Waals surface area contributed by atoms with Crippen LogP contribution in [0.15, 0.2) is 54.7 Å². The van der Waals surface area contributed by atoms with Crippen molar-refractivity contribution in [2.24, 2.45) is 0 Å². The SMILES string of the molecule is CC(C(Oc1ccccn1)c1ccccc1)N(C)C. The Morgan fingerprint density at radius 2 is 1.68 bits per heavy atom. The van der Waals surface area contributed by atoms with Gasteiger partial charge >= 0.3 is 0 Å². The van der Waals surface area contributed by atoms with Crippen molar-refractivity contribution in [2.45, 2.75) is 19.1 Å². The highest BCUT2D eigenvalue weighted by Crippen LogP contribution is 2.25. The molecule has 0 fully saturated rings. The predicted octanol–water partition coefficient (Wildman–Crippen LogP) is 3.15. The monoisotopic (exact) mass is 256 g/mol. The quantitative estimate of drug-likeness (QED) is 0.821. The number of aromatic nitrogens is 1. The van der Waals surface area contributed by atoms with Gasteiger partial charge in [0.2, 0.25) is 5.88 Å². The Hall–Kier alpha value is -1.87. The van der Waals surface area contributed by atoms with E-state index in [1.54, 1.807) is 6.20 Å². The van der Waals surface area contributed by atoms with Crippen LogP contribution >= 0.6 is 0 Å². The van der Waals surface area contributed by atoms with Gasteiger partial charge in [0.25, 0.3) is 0 Å². The van der Waals surface area contributed by atoms with E-state index in [9.17, 15) is 0 Å². The molecular formula is C16H20N2O. The molecule has 2 aromatic rings. The Bertz CT molecular complexity index is 485. The second-order valence-electron chi connectivity index (χ2n) is 4.82. The fourth-order valence-electron chi connectivity index (χ4n) is 1.91. The number of likely N-dealkylation sites (N-methyl/N-ethyl adjacent to an activating group) is 1. The molecule has 100 valence electrons. The van der Waals surface area contributed by atoms with Gasteiger partial charge < -0.3 is 9.64 Å². The molecule has 0 amide bonds. The van der Waals surface area contributed by atoms with E-state index in [1.165, 1.54) is 0 Å². The maximum Gasteiger partial charge on any atom is 0.213 e. The number of nitrogens with zero attached hydrogens (tertiary/aromatic N) is 2. The molecular weight excluding hydrogens is 236 g/mol. The summed E-state index contributed by atoms with van der Waals surface area (Å²) in [6, 6.07) is 16.2. The third-order valence-electron chi connectivity index (χ3n) is 3.27. The van der Waals surface area contributed by atoms with Crippen LogP contribution in [-0.2, 0) is 0 Å². The topological polar surface area (TPSA) is 25.4 Å². The molecule has 3 heteroatoms. The van der Waals surface area contributed by atoms with Crippen molar-refractivity contribution >= 4 is 0 Å². The lowest BCUT2D eigenvalue weighted by Gasteiger charge is -2.29. The van der Waals surface area contributed by atoms with Crippen LogP contribution in [0.25, 0.3) is 0 Å². The van der Waals surface area contributed by atoms with Crippen LogP contribution in [0.4, 0.5) is 0 Å². The second kappa shape index (κ2) is 6.34. The van der Waals surface area contributed by atoms with Gasteiger partial charge in [-0.3, -0.25) is 0 Å². The lowest BCUT2D eigenvalue weighted by molar-refractivity contribution is 0.103. The molecule has 0 radical (unpaired) electrons. The minimum Gasteiger partial charge on any atom is -0.468 e. The molecule has 0 aliphatic carbocycles. The van der Waals surface area contributed by atoms with Gasteiger partial charge in [-0.05, 0) is 32.6 Å². The van der Waals surface area contributed by atoms with Crippen LogP contribution < -0.4 is 4.74 Å². The molecule has 0 saturated carbocycles. The zero-order valence-corrected chi connectivity index (χ0v) is 11.7. The van der Waals surface area contributed by atoms with Crippen molar-refractivity contribution in [3.05, 3.63) is 60.3 Å². The van der Waals surface area contributed by atoms with Crippen LogP contribution in [-0.4, -0.2) is 30.0 Å². The number of hydrogen-bond donors (Lipinski definition) is 0. The van der Waals surface area contributed by atoms with Crippen molar-refractivity contribution in [3.63, 3.8) is 0 Å². The summed E-state index contributed by atoms with van der Waals surface area (Å²) >= 11 is 0. The van der Waals surface area contributed by atoms with E-state index in [2.05, 4.69) is 43.0 Å². The van der Waals surface area contributed by atoms with Gasteiger partial charge in [-0.1, -0.05) is 36.4 Å².